The van der Waals surface area contributed by atoms with E-state index < -0.39 is 41.6 Å². The second kappa shape index (κ2) is 11.6. The smallest absolute Gasteiger partial charge is 0.408 e. The van der Waals surface area contributed by atoms with E-state index in [0.717, 1.165) is 64.2 Å². The first-order chi connectivity index (χ1) is 20.2. The van der Waals surface area contributed by atoms with Gasteiger partial charge in [0.05, 0.1) is 17.6 Å². The second-order valence-electron chi connectivity index (χ2n) is 12.9. The zero-order chi connectivity index (χ0) is 29.4. The van der Waals surface area contributed by atoms with E-state index in [9.17, 15) is 24.6 Å². The molecule has 0 unspecified atom stereocenters. The summed E-state index contributed by atoms with van der Waals surface area (Å²) in [5.74, 6) is -0.812. The molecule has 2 amide bonds. The number of nitrogens with zero attached hydrogens (tertiary/aromatic N) is 2. The Morgan fingerprint density at radius 2 is 1.81 bits per heavy atom. The first-order valence-corrected chi connectivity index (χ1v) is 15.5. The molecule has 4 aliphatic rings. The fraction of sp³-hybridized carbons (Fsp3) is 0.625. The van der Waals surface area contributed by atoms with E-state index in [-0.39, 0.29) is 30.7 Å². The number of carbonyl (C=O) groups is 3. The van der Waals surface area contributed by atoms with Crippen molar-refractivity contribution in [3.8, 4) is 11.6 Å². The summed E-state index contributed by atoms with van der Waals surface area (Å²) < 4.78 is 12.1. The topological polar surface area (TPSA) is 138 Å². The third-order valence-electron chi connectivity index (χ3n) is 9.85. The molecule has 1 aromatic heterocycles. The number of carbonyl (C=O) groups excluding carboxylic acids is 2. The van der Waals surface area contributed by atoms with Gasteiger partial charge in [0.15, 0.2) is 0 Å². The predicted molar refractivity (Wildman–Crippen MR) is 154 cm³/mol. The molecular weight excluding hydrogens is 538 g/mol. The molecule has 10 nitrogen and oxygen atoms in total. The highest BCUT2D eigenvalue weighted by molar-refractivity contribution is 5.91. The van der Waals surface area contributed by atoms with Gasteiger partial charge in [-0.05, 0) is 62.0 Å². The third-order valence-corrected chi connectivity index (χ3v) is 9.85. The summed E-state index contributed by atoms with van der Waals surface area (Å²) in [6, 6.07) is 5.32. The van der Waals surface area contributed by atoms with Crippen molar-refractivity contribution < 1.29 is 34.1 Å². The molecule has 10 heteroatoms. The molecule has 226 valence electrons. The van der Waals surface area contributed by atoms with Gasteiger partial charge in [0.1, 0.15) is 30.0 Å². The predicted octanol–water partition coefficient (Wildman–Crippen LogP) is 4.94. The Kier molecular flexibility index (Phi) is 7.89. The van der Waals surface area contributed by atoms with Gasteiger partial charge < -0.3 is 29.9 Å². The van der Waals surface area contributed by atoms with E-state index in [2.05, 4.69) is 5.32 Å². The SMILES string of the molecule is CC1([C@@H]2NC(=O)O[C@@H]3C[C@H]3CCCCCc3c(nc4ccccc4c3O)O[C@@H]3C[C@@H](C(=O)O)N(C3)C2=O)CCCCC1. The van der Waals surface area contributed by atoms with E-state index in [1.807, 2.05) is 25.1 Å². The largest absolute Gasteiger partial charge is 0.507 e. The summed E-state index contributed by atoms with van der Waals surface area (Å²) in [5.41, 5.74) is 0.683. The van der Waals surface area contributed by atoms with Gasteiger partial charge in [-0.3, -0.25) is 4.79 Å². The fourth-order valence-electron chi connectivity index (χ4n) is 7.24. The Morgan fingerprint density at radius 3 is 2.60 bits per heavy atom. The Labute approximate surface area is 245 Å². The first kappa shape index (κ1) is 28.6. The maximum absolute atomic E-state index is 14.2. The van der Waals surface area contributed by atoms with Crippen LogP contribution in [0.15, 0.2) is 24.3 Å². The van der Waals surface area contributed by atoms with Gasteiger partial charge in [-0.15, -0.1) is 0 Å². The highest BCUT2D eigenvalue weighted by Crippen LogP contribution is 2.42. The number of amides is 2. The van der Waals surface area contributed by atoms with Crippen LogP contribution in [-0.4, -0.2) is 68.9 Å². The van der Waals surface area contributed by atoms with Crippen LogP contribution in [0.3, 0.4) is 0 Å². The molecule has 2 aromatic rings. The monoisotopic (exact) mass is 579 g/mol. The van der Waals surface area contributed by atoms with Crippen LogP contribution in [0, 0.1) is 11.3 Å². The van der Waals surface area contributed by atoms with Crippen LogP contribution in [0.25, 0.3) is 10.9 Å². The molecule has 1 saturated heterocycles. The highest BCUT2D eigenvalue weighted by atomic mass is 16.6. The minimum absolute atomic E-state index is 0.0402. The number of fused-ring (bicyclic) bond motifs is 5. The average Bonchev–Trinajstić information content (AvgIpc) is 3.55. The van der Waals surface area contributed by atoms with Gasteiger partial charge in [0.25, 0.3) is 0 Å². The third kappa shape index (κ3) is 5.72. The zero-order valence-electron chi connectivity index (χ0n) is 24.2. The molecule has 2 aliphatic carbocycles. The maximum Gasteiger partial charge on any atom is 0.408 e. The number of benzene rings is 1. The van der Waals surface area contributed by atoms with E-state index in [0.29, 0.717) is 28.8 Å². The molecular formula is C32H41N3O7. The van der Waals surface area contributed by atoms with Gasteiger partial charge in [0, 0.05) is 11.8 Å². The number of pyridine rings is 1. The van der Waals surface area contributed by atoms with Gasteiger partial charge in [-0.25, -0.2) is 14.6 Å². The summed E-state index contributed by atoms with van der Waals surface area (Å²) in [5, 5.41) is 24.9. The lowest BCUT2D eigenvalue weighted by molar-refractivity contribution is -0.150. The van der Waals surface area contributed by atoms with Crippen LogP contribution in [-0.2, 0) is 20.7 Å². The van der Waals surface area contributed by atoms with Crippen molar-refractivity contribution in [1.29, 1.82) is 0 Å². The molecule has 2 aliphatic heterocycles. The normalized spacial score (nSPS) is 30.1. The molecule has 2 bridgehead atoms. The number of aliphatic carboxylic acids is 1. The number of para-hydroxylation sites is 1. The quantitative estimate of drug-likeness (QED) is 0.455. The minimum atomic E-state index is -1.12. The Hall–Kier alpha value is -3.56. The lowest BCUT2D eigenvalue weighted by Crippen LogP contribution is -2.58. The molecule has 0 radical (unpaired) electrons. The molecule has 2 saturated carbocycles. The van der Waals surface area contributed by atoms with Gasteiger partial charge >= 0.3 is 12.1 Å². The van der Waals surface area contributed by atoms with Crippen molar-refractivity contribution in [2.24, 2.45) is 11.3 Å². The Balaban J connectivity index is 1.34. The van der Waals surface area contributed by atoms with Crippen LogP contribution >= 0.6 is 0 Å². The molecule has 6 rings (SSSR count). The standard InChI is InChI=1S/C32H41N3O7/c1-32(14-8-3-9-15-32)27-29(37)35-18-20(17-24(35)30(38)39)41-28-22(26(36)21-11-6-7-13-23(21)33-28)12-5-2-4-10-19-16-25(19)42-31(40)34-27/h6-7,11,13,19-20,24-25,27H,2-5,8-10,12,14-18H2,1H3,(H,33,36)(H,34,40)(H,38,39)/t19-,20-,24+,25-,27-/m1/s1. The van der Waals surface area contributed by atoms with Crippen LogP contribution in [0.2, 0.25) is 0 Å². The summed E-state index contributed by atoms with van der Waals surface area (Å²) >= 11 is 0. The van der Waals surface area contributed by atoms with Crippen molar-refractivity contribution in [3.63, 3.8) is 0 Å². The molecule has 3 N–H and O–H groups in total. The zero-order valence-corrected chi connectivity index (χ0v) is 24.2. The lowest BCUT2D eigenvalue weighted by atomic mass is 9.70. The number of hydrogen-bond donors (Lipinski definition) is 3. The average molecular weight is 580 g/mol. The number of nitrogens with one attached hydrogen (secondary N) is 1. The second-order valence-corrected chi connectivity index (χ2v) is 12.9. The van der Waals surface area contributed by atoms with Crippen LogP contribution < -0.4 is 10.1 Å². The Morgan fingerprint density at radius 1 is 1.05 bits per heavy atom. The van der Waals surface area contributed by atoms with E-state index in [4.69, 9.17) is 14.5 Å². The molecule has 3 fully saturated rings. The Bertz CT molecular complexity index is 1360. The van der Waals surface area contributed by atoms with Crippen LogP contribution in [0.1, 0.15) is 83.1 Å². The van der Waals surface area contributed by atoms with Crippen molar-refractivity contribution in [3.05, 3.63) is 29.8 Å². The van der Waals surface area contributed by atoms with E-state index in [1.165, 1.54) is 4.90 Å². The highest BCUT2D eigenvalue weighted by Gasteiger charge is 2.49. The summed E-state index contributed by atoms with van der Waals surface area (Å²) in [6.45, 7) is 2.05. The number of carboxylic acids is 1. The van der Waals surface area contributed by atoms with E-state index >= 15 is 0 Å². The number of hydrogen-bond acceptors (Lipinski definition) is 7. The van der Waals surface area contributed by atoms with Crippen molar-refractivity contribution in [2.45, 2.75) is 108 Å². The van der Waals surface area contributed by atoms with Gasteiger partial charge in [0.2, 0.25) is 11.8 Å². The lowest BCUT2D eigenvalue weighted by Gasteiger charge is -2.41. The molecule has 3 heterocycles. The summed E-state index contributed by atoms with van der Waals surface area (Å²) in [6.07, 6.45) is 8.17. The first-order valence-electron chi connectivity index (χ1n) is 15.5. The van der Waals surface area contributed by atoms with Crippen LogP contribution in [0.4, 0.5) is 4.79 Å². The number of alkyl carbamates (subject to hydrolysis) is 1. The minimum Gasteiger partial charge on any atom is -0.507 e. The van der Waals surface area contributed by atoms with E-state index in [1.54, 1.807) is 6.07 Å². The fourth-order valence-corrected chi connectivity index (χ4v) is 7.24. The van der Waals surface area contributed by atoms with Crippen molar-refractivity contribution in [2.75, 3.05) is 6.54 Å². The molecule has 0 spiro atoms. The number of ether oxygens (including phenoxy) is 2. The number of aromatic hydroxyl groups is 1. The molecule has 1 aromatic carbocycles. The number of rotatable bonds is 2. The summed E-state index contributed by atoms with van der Waals surface area (Å²) in [7, 11) is 0. The maximum atomic E-state index is 14.2. The molecule has 42 heavy (non-hydrogen) atoms. The van der Waals surface area contributed by atoms with Crippen molar-refractivity contribution >= 4 is 28.9 Å². The summed E-state index contributed by atoms with van der Waals surface area (Å²) in [4.78, 5) is 45.8. The van der Waals surface area contributed by atoms with Crippen molar-refractivity contribution in [1.82, 2.24) is 15.2 Å². The van der Waals surface area contributed by atoms with Gasteiger partial charge in [-0.1, -0.05) is 51.2 Å². The van der Waals surface area contributed by atoms with Gasteiger partial charge in [-0.2, -0.15) is 0 Å². The van der Waals surface area contributed by atoms with Crippen LogP contribution in [0.5, 0.6) is 11.6 Å². The molecule has 5 atom stereocenters. The number of aromatic nitrogens is 1. The number of carboxylic acid groups (broad SMARTS) is 1.